The number of hydrogen-bond donors (Lipinski definition) is 1. The topological polar surface area (TPSA) is 12.0 Å². The minimum absolute atomic E-state index is 0.877. The van der Waals surface area contributed by atoms with Crippen LogP contribution in [-0.2, 0) is 0 Å². The summed E-state index contributed by atoms with van der Waals surface area (Å²) in [5, 5.41) is 3.60. The molecule has 1 N–H and O–H groups in total. The molecule has 1 saturated carbocycles. The van der Waals surface area contributed by atoms with Crippen LogP contribution in [0.5, 0.6) is 0 Å². The Morgan fingerprint density at radius 1 is 1.36 bits per heavy atom. The van der Waals surface area contributed by atoms with Crippen molar-refractivity contribution >= 4 is 11.8 Å². The number of rotatable bonds is 9. The Morgan fingerprint density at radius 3 is 2.79 bits per heavy atom. The minimum atomic E-state index is 0.877. The van der Waals surface area contributed by atoms with Gasteiger partial charge >= 0.3 is 0 Å². The summed E-state index contributed by atoms with van der Waals surface area (Å²) in [6.07, 6.45) is 7.07. The number of thioether (sulfide) groups is 1. The average molecular weight is 215 g/mol. The van der Waals surface area contributed by atoms with Crippen molar-refractivity contribution in [3.05, 3.63) is 0 Å². The van der Waals surface area contributed by atoms with Gasteiger partial charge in [0.05, 0.1) is 0 Å². The second-order valence-electron chi connectivity index (χ2n) is 4.48. The first-order valence-corrected chi connectivity index (χ1v) is 7.29. The Balaban J connectivity index is 1.79. The average Bonchev–Trinajstić information content (AvgIpc) is 2.98. The van der Waals surface area contributed by atoms with Gasteiger partial charge in [-0.3, -0.25) is 0 Å². The van der Waals surface area contributed by atoms with Crippen LogP contribution in [0.25, 0.3) is 0 Å². The second kappa shape index (κ2) is 7.58. The highest BCUT2D eigenvalue weighted by Gasteiger charge is 2.20. The van der Waals surface area contributed by atoms with Crippen LogP contribution >= 0.6 is 11.8 Å². The molecule has 1 rings (SSSR count). The van der Waals surface area contributed by atoms with E-state index in [0.717, 1.165) is 12.0 Å². The predicted octanol–water partition coefficient (Wildman–Crippen LogP) is 3.30. The second-order valence-corrected chi connectivity index (χ2v) is 5.87. The van der Waals surface area contributed by atoms with Gasteiger partial charge in [0.1, 0.15) is 0 Å². The first-order chi connectivity index (χ1) is 6.83. The Kier molecular flexibility index (Phi) is 6.70. The van der Waals surface area contributed by atoms with Gasteiger partial charge in [0.15, 0.2) is 0 Å². The van der Waals surface area contributed by atoms with Crippen molar-refractivity contribution in [3.8, 4) is 0 Å². The maximum atomic E-state index is 3.60. The molecule has 1 aliphatic carbocycles. The maximum Gasteiger partial charge on any atom is 0.00683 e. The summed E-state index contributed by atoms with van der Waals surface area (Å²) < 4.78 is 0. The van der Waals surface area contributed by atoms with Crippen molar-refractivity contribution in [2.45, 2.75) is 52.0 Å². The van der Waals surface area contributed by atoms with Gasteiger partial charge in [0.2, 0.25) is 0 Å². The lowest BCUT2D eigenvalue weighted by atomic mass is 10.0. The molecule has 1 unspecified atom stereocenters. The Labute approximate surface area is 93.4 Å². The van der Waals surface area contributed by atoms with E-state index in [4.69, 9.17) is 0 Å². The lowest BCUT2D eigenvalue weighted by molar-refractivity contribution is 0.463. The van der Waals surface area contributed by atoms with Crippen LogP contribution in [0.2, 0.25) is 0 Å². The van der Waals surface area contributed by atoms with Crippen molar-refractivity contribution in [1.82, 2.24) is 5.32 Å². The smallest absolute Gasteiger partial charge is 0.00683 e. The van der Waals surface area contributed by atoms with Crippen molar-refractivity contribution < 1.29 is 0 Å². The third kappa shape index (κ3) is 6.72. The Bertz CT molecular complexity index is 134. The molecule has 0 bridgehead atoms. The number of unbranched alkanes of at least 4 members (excludes halogenated alkanes) is 1. The Morgan fingerprint density at radius 2 is 2.14 bits per heavy atom. The monoisotopic (exact) mass is 215 g/mol. The van der Waals surface area contributed by atoms with Gasteiger partial charge in [-0.25, -0.2) is 0 Å². The highest BCUT2D eigenvalue weighted by molar-refractivity contribution is 7.99. The van der Waals surface area contributed by atoms with Crippen molar-refractivity contribution in [2.24, 2.45) is 5.92 Å². The summed E-state index contributed by atoms with van der Waals surface area (Å²) in [6.45, 7) is 5.86. The van der Waals surface area contributed by atoms with Gasteiger partial charge in [-0.05, 0) is 49.7 Å². The maximum absolute atomic E-state index is 3.60. The SMILES string of the molecule is CCSCCCCC(C)CNC1CC1. The van der Waals surface area contributed by atoms with E-state index in [2.05, 4.69) is 30.9 Å². The zero-order valence-electron chi connectivity index (χ0n) is 9.72. The van der Waals surface area contributed by atoms with Crippen LogP contribution in [0.15, 0.2) is 0 Å². The fourth-order valence-electron chi connectivity index (χ4n) is 1.60. The Hall–Kier alpha value is 0.310. The summed E-state index contributed by atoms with van der Waals surface area (Å²) in [7, 11) is 0. The molecule has 84 valence electrons. The van der Waals surface area contributed by atoms with E-state index in [-0.39, 0.29) is 0 Å². The summed E-state index contributed by atoms with van der Waals surface area (Å²) in [5.41, 5.74) is 0. The van der Waals surface area contributed by atoms with E-state index in [9.17, 15) is 0 Å². The molecule has 0 amide bonds. The van der Waals surface area contributed by atoms with Crippen LogP contribution in [0, 0.1) is 5.92 Å². The molecule has 0 aromatic heterocycles. The molecule has 1 nitrogen and oxygen atoms in total. The highest BCUT2D eigenvalue weighted by atomic mass is 32.2. The van der Waals surface area contributed by atoms with E-state index in [1.807, 2.05) is 0 Å². The molecule has 0 aromatic carbocycles. The zero-order chi connectivity index (χ0) is 10.2. The lowest BCUT2D eigenvalue weighted by Gasteiger charge is -2.11. The highest BCUT2D eigenvalue weighted by Crippen LogP contribution is 2.19. The molecule has 1 fully saturated rings. The third-order valence-corrected chi connectivity index (χ3v) is 3.76. The molecule has 0 aliphatic heterocycles. The van der Waals surface area contributed by atoms with Crippen LogP contribution in [-0.4, -0.2) is 24.1 Å². The lowest BCUT2D eigenvalue weighted by Crippen LogP contribution is -2.23. The first-order valence-electron chi connectivity index (χ1n) is 6.14. The van der Waals surface area contributed by atoms with Crippen LogP contribution < -0.4 is 5.32 Å². The van der Waals surface area contributed by atoms with E-state index >= 15 is 0 Å². The summed E-state index contributed by atoms with van der Waals surface area (Å²) in [4.78, 5) is 0. The summed E-state index contributed by atoms with van der Waals surface area (Å²) >= 11 is 2.07. The molecule has 1 aliphatic rings. The van der Waals surface area contributed by atoms with Crippen LogP contribution in [0.1, 0.15) is 46.0 Å². The molecule has 0 heterocycles. The van der Waals surface area contributed by atoms with Gasteiger partial charge in [-0.1, -0.05) is 20.3 Å². The number of hydrogen-bond acceptors (Lipinski definition) is 2. The zero-order valence-corrected chi connectivity index (χ0v) is 10.5. The van der Waals surface area contributed by atoms with Gasteiger partial charge in [0, 0.05) is 6.04 Å². The van der Waals surface area contributed by atoms with Crippen LogP contribution in [0.4, 0.5) is 0 Å². The largest absolute Gasteiger partial charge is 0.314 e. The standard InChI is InChI=1S/C12H25NS/c1-3-14-9-5-4-6-11(2)10-13-12-7-8-12/h11-13H,3-10H2,1-2H3. The van der Waals surface area contributed by atoms with Crippen molar-refractivity contribution in [1.29, 1.82) is 0 Å². The third-order valence-electron chi connectivity index (χ3n) is 2.77. The summed E-state index contributed by atoms with van der Waals surface area (Å²) in [5.74, 6) is 3.51. The summed E-state index contributed by atoms with van der Waals surface area (Å²) in [6, 6.07) is 0.882. The molecular weight excluding hydrogens is 190 g/mol. The predicted molar refractivity (Wildman–Crippen MR) is 67.0 cm³/mol. The van der Waals surface area contributed by atoms with Crippen molar-refractivity contribution in [2.75, 3.05) is 18.1 Å². The molecule has 14 heavy (non-hydrogen) atoms. The van der Waals surface area contributed by atoms with Crippen molar-refractivity contribution in [3.63, 3.8) is 0 Å². The molecule has 1 atom stereocenters. The van der Waals surface area contributed by atoms with E-state index in [0.29, 0.717) is 0 Å². The quantitative estimate of drug-likeness (QED) is 0.592. The fraction of sp³-hybridized carbons (Fsp3) is 1.00. The van der Waals surface area contributed by atoms with E-state index < -0.39 is 0 Å². The molecule has 2 heteroatoms. The number of nitrogens with one attached hydrogen (secondary N) is 1. The van der Waals surface area contributed by atoms with Gasteiger partial charge < -0.3 is 5.32 Å². The van der Waals surface area contributed by atoms with Gasteiger partial charge in [-0.15, -0.1) is 0 Å². The van der Waals surface area contributed by atoms with Crippen LogP contribution in [0.3, 0.4) is 0 Å². The molecule has 0 saturated heterocycles. The first kappa shape index (κ1) is 12.4. The molecule has 0 aromatic rings. The molecule has 0 radical (unpaired) electrons. The van der Waals surface area contributed by atoms with E-state index in [1.54, 1.807) is 0 Å². The molecular formula is C12H25NS. The normalized spacial score (nSPS) is 18.4. The fourth-order valence-corrected chi connectivity index (χ4v) is 2.30. The molecule has 0 spiro atoms. The van der Waals surface area contributed by atoms with Gasteiger partial charge in [0.25, 0.3) is 0 Å². The minimum Gasteiger partial charge on any atom is -0.314 e. The van der Waals surface area contributed by atoms with Gasteiger partial charge in [-0.2, -0.15) is 11.8 Å². The van der Waals surface area contributed by atoms with E-state index in [1.165, 1.54) is 50.2 Å².